The maximum atomic E-state index is 14.4. The van der Waals surface area contributed by atoms with Gasteiger partial charge in [-0.1, -0.05) is 88.9 Å². The summed E-state index contributed by atoms with van der Waals surface area (Å²) in [5.74, 6) is -9.11. The van der Waals surface area contributed by atoms with Crippen LogP contribution in [-0.4, -0.2) is 124 Å². The van der Waals surface area contributed by atoms with Gasteiger partial charge in [-0.15, -0.1) is 0 Å². The van der Waals surface area contributed by atoms with Crippen LogP contribution in [0.25, 0.3) is 0 Å². The van der Waals surface area contributed by atoms with Gasteiger partial charge in [0.25, 0.3) is 0 Å². The SMILES string of the molecule is C=C(C)[C@]12C[C@@H](COC(=O)c3ccccc3)[C@@]34OC5(O[C@@H]1[C@@H]3[C@@H]1O[C@]1(COC(=O)C1(C)COC(C)(C)OC1)[C@@H](O)[C@@]1(O)[C@H]4[C@H]([C@H](C)[C@@H]1OC(=O)c1ccccc1)[C@H](C)CCCCCC[C@H]5O)O2. The van der Waals surface area contributed by atoms with Crippen molar-refractivity contribution in [1.29, 1.82) is 0 Å². The summed E-state index contributed by atoms with van der Waals surface area (Å²) in [5.41, 5.74) is -7.33. The Labute approximate surface area is 391 Å². The molecule has 0 radical (unpaired) electrons. The van der Waals surface area contributed by atoms with Gasteiger partial charge in [0.2, 0.25) is 0 Å². The fourth-order valence-electron chi connectivity index (χ4n) is 13.6. The highest BCUT2D eigenvalue weighted by atomic mass is 16.9. The number of hydrogen-bond donors (Lipinski definition) is 3. The van der Waals surface area contributed by atoms with Gasteiger partial charge in [0, 0.05) is 17.8 Å². The first-order valence-corrected chi connectivity index (χ1v) is 24.2. The van der Waals surface area contributed by atoms with E-state index in [1.165, 1.54) is 0 Å². The molecule has 1 unspecified atom stereocenters. The number of aliphatic hydroxyl groups excluding tert-OH is 2. The Morgan fingerprint density at radius 3 is 2.07 bits per heavy atom. The molecule has 3 N–H and O–H groups in total. The molecular weight excluding hydrogens is 865 g/mol. The number of rotatable bonds is 9. The third-order valence-corrected chi connectivity index (χ3v) is 17.1. The van der Waals surface area contributed by atoms with Crippen LogP contribution in [0.4, 0.5) is 0 Å². The van der Waals surface area contributed by atoms with E-state index >= 15 is 0 Å². The van der Waals surface area contributed by atoms with Crippen LogP contribution in [0.1, 0.15) is 107 Å². The van der Waals surface area contributed by atoms with Gasteiger partial charge >= 0.3 is 23.9 Å². The fourth-order valence-corrected chi connectivity index (χ4v) is 13.6. The molecule has 2 aromatic carbocycles. The molecule has 5 heterocycles. The first-order chi connectivity index (χ1) is 31.8. The van der Waals surface area contributed by atoms with Gasteiger partial charge in [-0.3, -0.25) is 4.79 Å². The quantitative estimate of drug-likeness (QED) is 0.120. The van der Waals surface area contributed by atoms with E-state index in [2.05, 4.69) is 13.5 Å². The molecule has 2 aromatic rings. The van der Waals surface area contributed by atoms with Gasteiger partial charge in [-0.05, 0) is 88.1 Å². The summed E-state index contributed by atoms with van der Waals surface area (Å²) >= 11 is 0. The predicted octanol–water partition coefficient (Wildman–Crippen LogP) is 5.67. The van der Waals surface area contributed by atoms with Gasteiger partial charge in [0.1, 0.15) is 53.7 Å². The standard InChI is InChI=1S/C52H66O15/c1-29(2)48-24-34(25-59-42(54)32-19-13-10-14-20-32)51-37-40(48)65-52(66-48,67-51)35(53)23-17-9-8-12-18-30(3)36-31(4)39(63-43(55)33-21-15-11-16-22-33)50(58,38(36)51)44(56)49(41(37)64-49)28-60-45(57)47(7)26-61-46(5,6)62-27-47/h10-11,13-16,19-22,30-31,34-41,44,53,56,58H,1,8-9,12,17-18,23-28H2,2-7H3/t30-,31+,34+,35-,36+,37-,38-,39+,40-,41+,44-,48-,49+,50-,51-,52?/m1/s1. The molecule has 5 aliphatic heterocycles. The smallest absolute Gasteiger partial charge is 0.338 e. The number of carbonyl (C=O) groups is 3. The lowest BCUT2D eigenvalue weighted by Gasteiger charge is -2.62. The Morgan fingerprint density at radius 1 is 0.806 bits per heavy atom. The number of benzene rings is 2. The number of esters is 3. The van der Waals surface area contributed by atoms with Gasteiger partial charge < -0.3 is 58.0 Å². The Kier molecular flexibility index (Phi) is 11.5. The second-order valence-electron chi connectivity index (χ2n) is 21.7. The van der Waals surface area contributed by atoms with Crippen molar-refractivity contribution < 1.29 is 72.3 Å². The van der Waals surface area contributed by atoms with E-state index in [9.17, 15) is 29.7 Å². The van der Waals surface area contributed by atoms with Crippen molar-refractivity contribution in [1.82, 2.24) is 0 Å². The van der Waals surface area contributed by atoms with Crippen LogP contribution >= 0.6 is 0 Å². The fraction of sp³-hybridized carbons (Fsp3) is 0.673. The molecule has 3 saturated carbocycles. The third kappa shape index (κ3) is 7.03. The van der Waals surface area contributed by atoms with Crippen LogP contribution in [0.15, 0.2) is 72.8 Å². The third-order valence-electron chi connectivity index (χ3n) is 17.1. The summed E-state index contributed by atoms with van der Waals surface area (Å²) in [6.07, 6.45) is -2.25. The van der Waals surface area contributed by atoms with Crippen molar-refractivity contribution in [2.24, 2.45) is 40.9 Å². The molecule has 3 aliphatic carbocycles. The molecule has 8 aliphatic rings. The highest BCUT2D eigenvalue weighted by Crippen LogP contribution is 2.76. The number of epoxide rings is 1. The largest absolute Gasteiger partial charge is 0.462 e. The van der Waals surface area contributed by atoms with E-state index in [4.69, 9.17) is 42.6 Å². The first-order valence-electron chi connectivity index (χ1n) is 24.2. The molecule has 3 bridgehead atoms. The van der Waals surface area contributed by atoms with Crippen molar-refractivity contribution in [2.45, 2.75) is 151 Å². The van der Waals surface area contributed by atoms with Gasteiger partial charge in [-0.2, -0.15) is 0 Å². The molecule has 2 spiro atoms. The summed E-state index contributed by atoms with van der Waals surface area (Å²) in [6, 6.07) is 17.1. The predicted molar refractivity (Wildman–Crippen MR) is 237 cm³/mol. The molecule has 15 heteroatoms. The normalized spacial score (nSPS) is 44.3. The summed E-state index contributed by atoms with van der Waals surface area (Å²) in [6.45, 7) is 14.7. The average molecular weight is 931 g/mol. The van der Waals surface area contributed by atoms with Crippen molar-refractivity contribution in [3.8, 4) is 0 Å². The lowest BCUT2D eigenvalue weighted by molar-refractivity contribution is -0.459. The minimum absolute atomic E-state index is 0.00102. The lowest BCUT2D eigenvalue weighted by atomic mass is 9.51. The molecular formula is C52H66O15. The highest BCUT2D eigenvalue weighted by Gasteiger charge is 2.91. The van der Waals surface area contributed by atoms with Crippen LogP contribution in [0, 0.1) is 40.9 Å². The average Bonchev–Trinajstić information content (AvgIpc) is 3.94. The zero-order chi connectivity index (χ0) is 47.5. The number of fused-ring (bicyclic) bond motifs is 1. The van der Waals surface area contributed by atoms with Crippen LogP contribution in [-0.2, 0) is 47.4 Å². The molecule has 0 amide bonds. The van der Waals surface area contributed by atoms with E-state index in [1.807, 2.05) is 13.8 Å². The summed E-state index contributed by atoms with van der Waals surface area (Å²) in [4.78, 5) is 42.6. The minimum Gasteiger partial charge on any atom is -0.462 e. The van der Waals surface area contributed by atoms with Crippen LogP contribution < -0.4 is 0 Å². The minimum atomic E-state index is -2.39. The van der Waals surface area contributed by atoms with E-state index in [0.717, 1.165) is 25.7 Å². The van der Waals surface area contributed by atoms with Crippen molar-refractivity contribution in [2.75, 3.05) is 26.4 Å². The van der Waals surface area contributed by atoms with Crippen LogP contribution in [0.5, 0.6) is 0 Å². The lowest BCUT2D eigenvalue weighted by Crippen LogP contribution is -2.75. The van der Waals surface area contributed by atoms with Crippen LogP contribution in [0.3, 0.4) is 0 Å². The number of hydrogen-bond acceptors (Lipinski definition) is 15. The number of carbonyl (C=O) groups excluding carboxylic acids is 3. The Morgan fingerprint density at radius 2 is 1.43 bits per heavy atom. The Bertz CT molecular complexity index is 2240. The monoisotopic (exact) mass is 930 g/mol. The maximum absolute atomic E-state index is 14.4. The summed E-state index contributed by atoms with van der Waals surface area (Å²) in [7, 11) is 0. The van der Waals surface area contributed by atoms with Crippen molar-refractivity contribution in [3.63, 3.8) is 0 Å². The molecule has 5 saturated heterocycles. The highest BCUT2D eigenvalue weighted by molar-refractivity contribution is 5.90. The van der Waals surface area contributed by atoms with E-state index in [0.29, 0.717) is 17.6 Å². The first kappa shape index (κ1) is 46.9. The Hall–Kier alpha value is -3.77. The van der Waals surface area contributed by atoms with Crippen molar-refractivity contribution in [3.05, 3.63) is 83.9 Å². The number of ether oxygens (including phenoxy) is 9. The molecule has 0 aromatic heterocycles. The Balaban J connectivity index is 1.17. The topological polar surface area (TPSA) is 198 Å². The summed E-state index contributed by atoms with van der Waals surface area (Å²) < 4.78 is 59.4. The molecule has 16 atom stereocenters. The zero-order valence-corrected chi connectivity index (χ0v) is 39.4. The maximum Gasteiger partial charge on any atom is 0.338 e. The second kappa shape index (κ2) is 16.4. The van der Waals surface area contributed by atoms with E-state index < -0.39 is 124 Å². The van der Waals surface area contributed by atoms with Gasteiger partial charge in [0.15, 0.2) is 11.4 Å². The van der Waals surface area contributed by atoms with Crippen LogP contribution in [0.2, 0.25) is 0 Å². The van der Waals surface area contributed by atoms with Crippen molar-refractivity contribution >= 4 is 17.9 Å². The van der Waals surface area contributed by atoms with Gasteiger partial charge in [0.05, 0.1) is 36.5 Å². The van der Waals surface area contributed by atoms with E-state index in [1.54, 1.807) is 81.4 Å². The molecule has 364 valence electrons. The second-order valence-corrected chi connectivity index (χ2v) is 21.7. The van der Waals surface area contributed by atoms with E-state index in [-0.39, 0.29) is 44.1 Å². The molecule has 10 rings (SSSR count). The zero-order valence-electron chi connectivity index (χ0n) is 39.4. The molecule has 8 fully saturated rings. The number of aliphatic hydroxyl groups is 3. The summed E-state index contributed by atoms with van der Waals surface area (Å²) in [5, 5.41) is 40.3. The molecule has 67 heavy (non-hydrogen) atoms. The van der Waals surface area contributed by atoms with Gasteiger partial charge in [-0.25, -0.2) is 9.59 Å². The molecule has 15 nitrogen and oxygen atoms in total.